The van der Waals surface area contributed by atoms with Gasteiger partial charge in [-0.3, -0.25) is 4.79 Å². The van der Waals surface area contributed by atoms with Crippen molar-refractivity contribution >= 4 is 29.3 Å². The van der Waals surface area contributed by atoms with Gasteiger partial charge in [-0.1, -0.05) is 29.8 Å². The first kappa shape index (κ1) is 14.3. The highest BCUT2D eigenvalue weighted by molar-refractivity contribution is 6.32. The summed E-state index contributed by atoms with van der Waals surface area (Å²) in [7, 11) is 0. The van der Waals surface area contributed by atoms with Crippen LogP contribution < -0.4 is 5.32 Å². The molecule has 0 unspecified atom stereocenters. The molecule has 0 aliphatic carbocycles. The standard InChI is InChI=1S/C16H13ClFNO/c1-11-4-2-5-12(10-11)19-16(20)9-8-13-14(17)6-3-7-15(13)18/h2-10H,1H3,(H,19,20). The van der Waals surface area contributed by atoms with Crippen molar-refractivity contribution in [1.29, 1.82) is 0 Å². The number of rotatable bonds is 3. The Balaban J connectivity index is 2.10. The van der Waals surface area contributed by atoms with Crippen LogP contribution in [0.2, 0.25) is 5.02 Å². The fraction of sp³-hybridized carbons (Fsp3) is 0.0625. The number of nitrogens with one attached hydrogen (secondary N) is 1. The number of halogens is 2. The molecule has 0 fully saturated rings. The Kier molecular flexibility index (Phi) is 4.53. The molecule has 2 nitrogen and oxygen atoms in total. The molecule has 0 aromatic heterocycles. The third kappa shape index (κ3) is 3.68. The van der Waals surface area contributed by atoms with Crippen LogP contribution >= 0.6 is 11.6 Å². The van der Waals surface area contributed by atoms with E-state index < -0.39 is 5.82 Å². The Morgan fingerprint density at radius 3 is 2.70 bits per heavy atom. The van der Waals surface area contributed by atoms with Crippen LogP contribution in [-0.2, 0) is 4.79 Å². The number of anilines is 1. The summed E-state index contributed by atoms with van der Waals surface area (Å²) >= 11 is 5.87. The predicted molar refractivity (Wildman–Crippen MR) is 80.3 cm³/mol. The summed E-state index contributed by atoms with van der Waals surface area (Å²) in [5.41, 5.74) is 1.94. The molecule has 4 heteroatoms. The minimum absolute atomic E-state index is 0.202. The van der Waals surface area contributed by atoms with Crippen LogP contribution in [0, 0.1) is 12.7 Å². The second-order valence-corrected chi connectivity index (χ2v) is 4.73. The molecule has 0 aliphatic rings. The maximum absolute atomic E-state index is 13.5. The largest absolute Gasteiger partial charge is 0.323 e. The Hall–Kier alpha value is -2.13. The van der Waals surface area contributed by atoms with Crippen LogP contribution in [0.1, 0.15) is 11.1 Å². The van der Waals surface area contributed by atoms with Crippen molar-refractivity contribution in [3.63, 3.8) is 0 Å². The van der Waals surface area contributed by atoms with Crippen LogP contribution in [0.3, 0.4) is 0 Å². The lowest BCUT2D eigenvalue weighted by molar-refractivity contribution is -0.111. The van der Waals surface area contributed by atoms with Crippen LogP contribution in [0.5, 0.6) is 0 Å². The Morgan fingerprint density at radius 1 is 1.25 bits per heavy atom. The molecule has 0 bridgehead atoms. The summed E-state index contributed by atoms with van der Waals surface area (Å²) < 4.78 is 13.5. The average molecular weight is 290 g/mol. The van der Waals surface area contributed by atoms with Gasteiger partial charge in [0.05, 0.1) is 5.02 Å². The van der Waals surface area contributed by atoms with Gasteiger partial charge in [-0.15, -0.1) is 0 Å². The first-order valence-electron chi connectivity index (χ1n) is 6.06. The molecule has 102 valence electrons. The van der Waals surface area contributed by atoms with E-state index in [1.807, 2.05) is 25.1 Å². The summed E-state index contributed by atoms with van der Waals surface area (Å²) in [4.78, 5) is 11.8. The van der Waals surface area contributed by atoms with Crippen LogP contribution in [0.15, 0.2) is 48.5 Å². The van der Waals surface area contributed by atoms with Crippen molar-refractivity contribution in [2.75, 3.05) is 5.32 Å². The summed E-state index contributed by atoms with van der Waals surface area (Å²) in [6.45, 7) is 1.94. The first-order chi connectivity index (χ1) is 9.56. The van der Waals surface area contributed by atoms with E-state index in [-0.39, 0.29) is 16.5 Å². The van der Waals surface area contributed by atoms with E-state index in [4.69, 9.17) is 11.6 Å². The topological polar surface area (TPSA) is 29.1 Å². The first-order valence-corrected chi connectivity index (χ1v) is 6.44. The van der Waals surface area contributed by atoms with Gasteiger partial charge in [0.15, 0.2) is 0 Å². The third-order valence-electron chi connectivity index (χ3n) is 2.69. The van der Waals surface area contributed by atoms with Gasteiger partial charge in [-0.05, 0) is 42.8 Å². The summed E-state index contributed by atoms with van der Waals surface area (Å²) in [6.07, 6.45) is 2.62. The molecule has 2 aromatic rings. The van der Waals surface area contributed by atoms with E-state index in [2.05, 4.69) is 5.32 Å². The van der Waals surface area contributed by atoms with Crippen LogP contribution in [0.4, 0.5) is 10.1 Å². The van der Waals surface area contributed by atoms with Gasteiger partial charge >= 0.3 is 0 Å². The zero-order valence-electron chi connectivity index (χ0n) is 10.9. The van der Waals surface area contributed by atoms with Crippen molar-refractivity contribution in [3.8, 4) is 0 Å². The van der Waals surface area contributed by atoms with Gasteiger partial charge < -0.3 is 5.32 Å². The van der Waals surface area contributed by atoms with Gasteiger partial charge in [-0.25, -0.2) is 4.39 Å². The van der Waals surface area contributed by atoms with E-state index in [0.717, 1.165) is 5.56 Å². The van der Waals surface area contributed by atoms with Crippen molar-refractivity contribution in [3.05, 3.63) is 70.5 Å². The highest BCUT2D eigenvalue weighted by atomic mass is 35.5. The number of amides is 1. The molecule has 0 heterocycles. The smallest absolute Gasteiger partial charge is 0.248 e. The lowest BCUT2D eigenvalue weighted by Gasteiger charge is -2.03. The van der Waals surface area contributed by atoms with Crippen molar-refractivity contribution in [2.45, 2.75) is 6.92 Å². The van der Waals surface area contributed by atoms with Gasteiger partial charge in [0.2, 0.25) is 5.91 Å². The molecule has 20 heavy (non-hydrogen) atoms. The Morgan fingerprint density at radius 2 is 2.00 bits per heavy atom. The number of benzene rings is 2. The van der Waals surface area contributed by atoms with E-state index in [1.165, 1.54) is 24.3 Å². The SMILES string of the molecule is Cc1cccc(NC(=O)C=Cc2c(F)cccc2Cl)c1. The van der Waals surface area contributed by atoms with Crippen molar-refractivity contribution < 1.29 is 9.18 Å². The maximum Gasteiger partial charge on any atom is 0.248 e. The number of hydrogen-bond donors (Lipinski definition) is 1. The fourth-order valence-electron chi connectivity index (χ4n) is 1.74. The molecule has 1 amide bonds. The normalized spacial score (nSPS) is 10.8. The second-order valence-electron chi connectivity index (χ2n) is 4.33. The summed E-state index contributed by atoms with van der Waals surface area (Å²) in [5, 5.41) is 2.97. The maximum atomic E-state index is 13.5. The van der Waals surface area contributed by atoms with E-state index >= 15 is 0 Å². The molecule has 0 atom stereocenters. The van der Waals surface area contributed by atoms with E-state index in [1.54, 1.807) is 12.1 Å². The zero-order chi connectivity index (χ0) is 14.5. The predicted octanol–water partition coefficient (Wildman–Crippen LogP) is 4.44. The highest BCUT2D eigenvalue weighted by Crippen LogP contribution is 2.20. The van der Waals surface area contributed by atoms with Gasteiger partial charge in [0.1, 0.15) is 5.82 Å². The monoisotopic (exact) mass is 289 g/mol. The fourth-order valence-corrected chi connectivity index (χ4v) is 1.96. The minimum Gasteiger partial charge on any atom is -0.323 e. The minimum atomic E-state index is -0.461. The number of aryl methyl sites for hydroxylation is 1. The third-order valence-corrected chi connectivity index (χ3v) is 3.02. The quantitative estimate of drug-likeness (QED) is 0.832. The van der Waals surface area contributed by atoms with E-state index in [0.29, 0.717) is 5.69 Å². The molecule has 1 N–H and O–H groups in total. The Bertz CT molecular complexity index is 647. The lowest BCUT2D eigenvalue weighted by atomic mass is 10.2. The van der Waals surface area contributed by atoms with Crippen LogP contribution in [0.25, 0.3) is 6.08 Å². The molecule has 0 saturated carbocycles. The van der Waals surface area contributed by atoms with Gasteiger partial charge in [0.25, 0.3) is 0 Å². The number of carbonyl (C=O) groups is 1. The molecule has 0 spiro atoms. The van der Waals surface area contributed by atoms with Gasteiger partial charge in [-0.2, -0.15) is 0 Å². The Labute approximate surface area is 121 Å². The summed E-state index contributed by atoms with van der Waals surface area (Å²) in [5.74, 6) is -0.799. The number of carbonyl (C=O) groups excluding carboxylic acids is 1. The van der Waals surface area contributed by atoms with Crippen LogP contribution in [-0.4, -0.2) is 5.91 Å². The van der Waals surface area contributed by atoms with Gasteiger partial charge in [0, 0.05) is 17.3 Å². The molecule has 0 radical (unpaired) electrons. The molecular weight excluding hydrogens is 277 g/mol. The van der Waals surface area contributed by atoms with E-state index in [9.17, 15) is 9.18 Å². The molecule has 0 saturated heterocycles. The highest BCUT2D eigenvalue weighted by Gasteiger charge is 2.04. The second kappa shape index (κ2) is 6.35. The molecular formula is C16H13ClFNO. The van der Waals surface area contributed by atoms with Crippen molar-refractivity contribution in [2.24, 2.45) is 0 Å². The summed E-state index contributed by atoms with van der Waals surface area (Å²) in [6, 6.07) is 11.8. The average Bonchev–Trinajstić information content (AvgIpc) is 2.38. The van der Waals surface area contributed by atoms with Crippen molar-refractivity contribution in [1.82, 2.24) is 0 Å². The molecule has 2 aromatic carbocycles. The number of hydrogen-bond acceptors (Lipinski definition) is 1. The molecule has 0 aliphatic heterocycles. The molecule has 2 rings (SSSR count). The lowest BCUT2D eigenvalue weighted by Crippen LogP contribution is -2.07. The zero-order valence-corrected chi connectivity index (χ0v) is 11.6.